The molecule has 1 aliphatic heterocycles. The lowest BCUT2D eigenvalue weighted by Crippen LogP contribution is -2.45. The topological polar surface area (TPSA) is 92.8 Å². The number of anilines is 1. The van der Waals surface area contributed by atoms with Gasteiger partial charge in [-0.1, -0.05) is 12.1 Å². The Hall–Kier alpha value is -2.70. The number of imide groups is 1. The zero-order valence-corrected chi connectivity index (χ0v) is 16.9. The zero-order chi connectivity index (χ0) is 20.9. The first-order valence-corrected chi connectivity index (χ1v) is 10.2. The van der Waals surface area contributed by atoms with E-state index in [0.29, 0.717) is 5.69 Å². The first-order chi connectivity index (χ1) is 13.8. The number of likely N-dealkylation sites (tertiary alicyclic amines) is 1. The molecule has 1 saturated heterocycles. The van der Waals surface area contributed by atoms with Crippen molar-refractivity contribution in [3.8, 4) is 0 Å². The van der Waals surface area contributed by atoms with E-state index < -0.39 is 24.5 Å². The largest absolute Gasteiger partial charge is 0.454 e. The van der Waals surface area contributed by atoms with Crippen molar-refractivity contribution in [3.05, 3.63) is 29.3 Å². The predicted octanol–water partition coefficient (Wildman–Crippen LogP) is 2.20. The summed E-state index contributed by atoms with van der Waals surface area (Å²) in [6, 6.07) is 4.66. The summed E-state index contributed by atoms with van der Waals surface area (Å²) < 4.78 is 5.11. The minimum atomic E-state index is -1.02. The third kappa shape index (κ3) is 3.32. The van der Waals surface area contributed by atoms with Crippen molar-refractivity contribution in [3.63, 3.8) is 0 Å². The standard InChI is InChI=1S/C22H26N2O5/c1-11-4-5-12(2)16(8-11)23-17(25)10-29-22(28)13(3)24-20(26)18-14-6-7-15(9-14)19(18)21(24)27/h4-5,8,13-15,18-19H,6-7,9-10H2,1-3H3,(H,23,25)/t13-,14-,15-,18+,19+/m0/s1. The van der Waals surface area contributed by atoms with Crippen LogP contribution < -0.4 is 5.32 Å². The Labute approximate surface area is 169 Å². The Bertz CT molecular complexity index is 867. The lowest BCUT2D eigenvalue weighted by molar-refractivity contribution is -0.159. The van der Waals surface area contributed by atoms with E-state index in [1.165, 1.54) is 6.92 Å². The van der Waals surface area contributed by atoms with Gasteiger partial charge in [0, 0.05) is 5.69 Å². The molecular weight excluding hydrogens is 372 g/mol. The molecule has 5 atom stereocenters. The first kappa shape index (κ1) is 19.6. The second-order valence-electron chi connectivity index (χ2n) is 8.58. The molecule has 0 aromatic heterocycles. The van der Waals surface area contributed by atoms with Crippen LogP contribution in [0.25, 0.3) is 0 Å². The molecule has 154 valence electrons. The van der Waals surface area contributed by atoms with E-state index in [2.05, 4.69) is 5.32 Å². The molecule has 0 unspecified atom stereocenters. The van der Waals surface area contributed by atoms with Crippen molar-refractivity contribution in [1.29, 1.82) is 0 Å². The van der Waals surface area contributed by atoms with E-state index in [0.717, 1.165) is 35.3 Å². The molecule has 3 aliphatic rings. The van der Waals surface area contributed by atoms with Crippen LogP contribution in [0, 0.1) is 37.5 Å². The monoisotopic (exact) mass is 398 g/mol. The smallest absolute Gasteiger partial charge is 0.329 e. The summed E-state index contributed by atoms with van der Waals surface area (Å²) in [4.78, 5) is 51.3. The number of rotatable bonds is 5. The van der Waals surface area contributed by atoms with Crippen molar-refractivity contribution >= 4 is 29.4 Å². The van der Waals surface area contributed by atoms with Gasteiger partial charge in [0.2, 0.25) is 11.8 Å². The van der Waals surface area contributed by atoms with Gasteiger partial charge in [0.15, 0.2) is 6.61 Å². The van der Waals surface area contributed by atoms with Crippen molar-refractivity contribution in [2.24, 2.45) is 23.7 Å². The van der Waals surface area contributed by atoms with Crippen LogP contribution in [0.1, 0.15) is 37.3 Å². The fourth-order valence-electron chi connectivity index (χ4n) is 5.23. The van der Waals surface area contributed by atoms with Gasteiger partial charge in [-0.25, -0.2) is 4.79 Å². The molecule has 2 aliphatic carbocycles. The molecule has 7 nitrogen and oxygen atoms in total. The van der Waals surface area contributed by atoms with E-state index in [1.807, 2.05) is 32.0 Å². The van der Waals surface area contributed by atoms with Crippen molar-refractivity contribution in [1.82, 2.24) is 4.90 Å². The number of ether oxygens (including phenoxy) is 1. The van der Waals surface area contributed by atoms with E-state index in [-0.39, 0.29) is 35.5 Å². The van der Waals surface area contributed by atoms with Crippen LogP contribution in [0.4, 0.5) is 5.69 Å². The summed E-state index contributed by atoms with van der Waals surface area (Å²) in [6.07, 6.45) is 2.91. The van der Waals surface area contributed by atoms with Crippen LogP contribution in [0.15, 0.2) is 18.2 Å². The number of esters is 1. The Kier molecular flexibility index (Phi) is 4.92. The van der Waals surface area contributed by atoms with Crippen LogP contribution in [-0.2, 0) is 23.9 Å². The number of benzene rings is 1. The van der Waals surface area contributed by atoms with Crippen LogP contribution in [0.3, 0.4) is 0 Å². The molecule has 7 heteroatoms. The number of carbonyl (C=O) groups excluding carboxylic acids is 4. The minimum absolute atomic E-state index is 0.253. The summed E-state index contributed by atoms with van der Waals surface area (Å²) in [5.41, 5.74) is 2.56. The number of fused-ring (bicyclic) bond motifs is 5. The minimum Gasteiger partial charge on any atom is -0.454 e. The second kappa shape index (κ2) is 7.28. The normalized spacial score (nSPS) is 28.4. The summed E-state index contributed by atoms with van der Waals surface area (Å²) in [5, 5.41) is 2.72. The first-order valence-electron chi connectivity index (χ1n) is 10.2. The maximum Gasteiger partial charge on any atom is 0.329 e. The number of nitrogens with zero attached hydrogens (tertiary/aromatic N) is 1. The summed E-state index contributed by atoms with van der Waals surface area (Å²) in [7, 11) is 0. The summed E-state index contributed by atoms with van der Waals surface area (Å²) in [5.74, 6) is -1.74. The van der Waals surface area contributed by atoms with Gasteiger partial charge >= 0.3 is 5.97 Å². The summed E-state index contributed by atoms with van der Waals surface area (Å²) >= 11 is 0. The highest BCUT2D eigenvalue weighted by atomic mass is 16.5. The van der Waals surface area contributed by atoms with E-state index >= 15 is 0 Å². The van der Waals surface area contributed by atoms with Gasteiger partial charge in [0.05, 0.1) is 11.8 Å². The molecule has 3 amide bonds. The maximum absolute atomic E-state index is 12.8. The van der Waals surface area contributed by atoms with E-state index in [4.69, 9.17) is 4.74 Å². The molecule has 1 N–H and O–H groups in total. The molecule has 4 rings (SSSR count). The molecule has 29 heavy (non-hydrogen) atoms. The maximum atomic E-state index is 12.8. The van der Waals surface area contributed by atoms with Gasteiger partial charge in [0.25, 0.3) is 5.91 Å². The number of hydrogen-bond acceptors (Lipinski definition) is 5. The van der Waals surface area contributed by atoms with Crippen LogP contribution in [-0.4, -0.2) is 41.2 Å². The number of carbonyl (C=O) groups is 4. The number of hydrogen-bond donors (Lipinski definition) is 1. The molecule has 1 aromatic carbocycles. The van der Waals surface area contributed by atoms with Gasteiger partial charge < -0.3 is 10.1 Å². The van der Waals surface area contributed by atoms with E-state index in [1.54, 1.807) is 0 Å². The highest BCUT2D eigenvalue weighted by Gasteiger charge is 2.62. The fraction of sp³-hybridized carbons (Fsp3) is 0.545. The Morgan fingerprint density at radius 3 is 2.38 bits per heavy atom. The Morgan fingerprint density at radius 2 is 1.76 bits per heavy atom. The molecule has 1 aromatic rings. The number of amides is 3. The average molecular weight is 398 g/mol. The molecule has 1 heterocycles. The second-order valence-corrected chi connectivity index (χ2v) is 8.58. The molecule has 3 fully saturated rings. The van der Waals surface area contributed by atoms with Crippen LogP contribution in [0.5, 0.6) is 0 Å². The van der Waals surface area contributed by atoms with Crippen LogP contribution >= 0.6 is 0 Å². The number of nitrogens with one attached hydrogen (secondary N) is 1. The van der Waals surface area contributed by atoms with Crippen molar-refractivity contribution in [2.75, 3.05) is 11.9 Å². The predicted molar refractivity (Wildman–Crippen MR) is 105 cm³/mol. The fourth-order valence-corrected chi connectivity index (χ4v) is 5.23. The van der Waals surface area contributed by atoms with E-state index in [9.17, 15) is 19.2 Å². The number of aryl methyl sites for hydroxylation is 2. The Morgan fingerprint density at radius 1 is 1.14 bits per heavy atom. The van der Waals surface area contributed by atoms with Gasteiger partial charge in [-0.2, -0.15) is 0 Å². The lowest BCUT2D eigenvalue weighted by atomic mass is 9.81. The summed E-state index contributed by atoms with van der Waals surface area (Å²) in [6.45, 7) is 4.81. The SMILES string of the molecule is Cc1ccc(C)c(NC(=O)COC(=O)[C@H](C)N2C(=O)[C@@H]3[C@H]4CC[C@@H](C4)[C@H]3C2=O)c1. The van der Waals surface area contributed by atoms with Crippen molar-refractivity contribution < 1.29 is 23.9 Å². The highest BCUT2D eigenvalue weighted by molar-refractivity contribution is 6.08. The van der Waals surface area contributed by atoms with Gasteiger partial charge in [-0.3, -0.25) is 19.3 Å². The van der Waals surface area contributed by atoms with Crippen molar-refractivity contribution in [2.45, 2.75) is 46.1 Å². The Balaban J connectivity index is 1.35. The molecule has 2 bridgehead atoms. The van der Waals surface area contributed by atoms with Gasteiger partial charge in [0.1, 0.15) is 6.04 Å². The lowest BCUT2D eigenvalue weighted by Gasteiger charge is -2.23. The third-order valence-electron chi connectivity index (χ3n) is 6.70. The molecule has 0 radical (unpaired) electrons. The highest BCUT2D eigenvalue weighted by Crippen LogP contribution is 2.56. The zero-order valence-electron chi connectivity index (χ0n) is 16.9. The average Bonchev–Trinajstić information content (AvgIpc) is 3.36. The molecular formula is C22H26N2O5. The molecule has 0 spiro atoms. The van der Waals surface area contributed by atoms with Gasteiger partial charge in [-0.05, 0) is 69.1 Å². The van der Waals surface area contributed by atoms with Crippen LogP contribution in [0.2, 0.25) is 0 Å². The third-order valence-corrected chi connectivity index (χ3v) is 6.70. The molecule has 2 saturated carbocycles. The van der Waals surface area contributed by atoms with Gasteiger partial charge in [-0.15, -0.1) is 0 Å². The quantitative estimate of drug-likeness (QED) is 0.606.